The van der Waals surface area contributed by atoms with Crippen LogP contribution >= 0.6 is 0 Å². The molecule has 0 spiro atoms. The molecule has 4 heteroatoms. The summed E-state index contributed by atoms with van der Waals surface area (Å²) in [4.78, 5) is 11.3. The summed E-state index contributed by atoms with van der Waals surface area (Å²) >= 11 is 0. The molecule has 0 bridgehead atoms. The van der Waals surface area contributed by atoms with Crippen molar-refractivity contribution in [2.45, 2.75) is 45.8 Å². The Kier molecular flexibility index (Phi) is 7.42. The molecule has 2 unspecified atom stereocenters. The van der Waals surface area contributed by atoms with Crippen molar-refractivity contribution in [2.24, 2.45) is 0 Å². The number of rotatable bonds is 7. The van der Waals surface area contributed by atoms with Crippen LogP contribution < -0.4 is 10.6 Å². The van der Waals surface area contributed by atoms with Gasteiger partial charge in [-0.2, -0.15) is 0 Å². The molecule has 0 aliphatic heterocycles. The number of carbonyl (C=O) groups excluding carboxylic acids is 1. The van der Waals surface area contributed by atoms with Crippen LogP contribution in [0, 0.1) is 0 Å². The number of hydrogen-bond donors (Lipinski definition) is 3. The van der Waals surface area contributed by atoms with Crippen LogP contribution in [0.25, 0.3) is 0 Å². The van der Waals surface area contributed by atoms with Gasteiger partial charge in [-0.1, -0.05) is 13.8 Å². The first-order valence-corrected chi connectivity index (χ1v) is 5.28. The number of aliphatic hydroxyl groups excluding tert-OH is 1. The molecule has 0 fully saturated rings. The standard InChI is InChI=1S/C10H22N2O2/c1-4-9(13)7-12-10(14)6-8(3)11-5-2/h8-9,11,13H,4-7H2,1-3H3,(H,12,14). The number of aliphatic hydroxyl groups is 1. The van der Waals surface area contributed by atoms with E-state index in [1.54, 1.807) is 0 Å². The van der Waals surface area contributed by atoms with E-state index in [1.807, 2.05) is 20.8 Å². The quantitative estimate of drug-likeness (QED) is 0.555. The fourth-order valence-electron chi connectivity index (χ4n) is 1.15. The van der Waals surface area contributed by atoms with Gasteiger partial charge < -0.3 is 15.7 Å². The summed E-state index contributed by atoms with van der Waals surface area (Å²) in [5.74, 6) is -0.00838. The number of carbonyl (C=O) groups is 1. The van der Waals surface area contributed by atoms with Gasteiger partial charge in [0, 0.05) is 19.0 Å². The van der Waals surface area contributed by atoms with Gasteiger partial charge in [-0.05, 0) is 19.9 Å². The molecule has 0 saturated carbocycles. The van der Waals surface area contributed by atoms with Crippen LogP contribution in [0.1, 0.15) is 33.6 Å². The monoisotopic (exact) mass is 202 g/mol. The summed E-state index contributed by atoms with van der Waals surface area (Å²) < 4.78 is 0. The van der Waals surface area contributed by atoms with E-state index < -0.39 is 6.10 Å². The van der Waals surface area contributed by atoms with Crippen LogP contribution in [-0.2, 0) is 4.79 Å². The third-order valence-electron chi connectivity index (χ3n) is 2.05. The molecule has 0 saturated heterocycles. The number of nitrogens with one attached hydrogen (secondary N) is 2. The lowest BCUT2D eigenvalue weighted by atomic mass is 10.2. The van der Waals surface area contributed by atoms with Crippen molar-refractivity contribution in [3.63, 3.8) is 0 Å². The maximum Gasteiger partial charge on any atom is 0.221 e. The maximum absolute atomic E-state index is 11.3. The number of hydrogen-bond acceptors (Lipinski definition) is 3. The zero-order chi connectivity index (χ0) is 11.0. The Morgan fingerprint density at radius 2 is 2.07 bits per heavy atom. The molecule has 3 N–H and O–H groups in total. The average molecular weight is 202 g/mol. The largest absolute Gasteiger partial charge is 0.391 e. The number of amides is 1. The van der Waals surface area contributed by atoms with E-state index >= 15 is 0 Å². The van der Waals surface area contributed by atoms with E-state index in [0.29, 0.717) is 19.4 Å². The highest BCUT2D eigenvalue weighted by Gasteiger charge is 2.08. The molecule has 4 nitrogen and oxygen atoms in total. The van der Waals surface area contributed by atoms with E-state index in [-0.39, 0.29) is 11.9 Å². The predicted molar refractivity (Wildman–Crippen MR) is 57.1 cm³/mol. The SMILES string of the molecule is CCNC(C)CC(=O)NCC(O)CC. The van der Waals surface area contributed by atoms with E-state index in [2.05, 4.69) is 10.6 Å². The van der Waals surface area contributed by atoms with E-state index in [4.69, 9.17) is 0 Å². The fourth-order valence-corrected chi connectivity index (χ4v) is 1.15. The Morgan fingerprint density at radius 1 is 1.43 bits per heavy atom. The Morgan fingerprint density at radius 3 is 2.57 bits per heavy atom. The third kappa shape index (κ3) is 6.86. The Labute approximate surface area is 86.1 Å². The molecule has 1 amide bonds. The minimum atomic E-state index is -0.423. The van der Waals surface area contributed by atoms with Crippen LogP contribution in [0.5, 0.6) is 0 Å². The fraction of sp³-hybridized carbons (Fsp3) is 0.900. The molecular formula is C10H22N2O2. The van der Waals surface area contributed by atoms with Gasteiger partial charge in [-0.25, -0.2) is 0 Å². The minimum Gasteiger partial charge on any atom is -0.391 e. The molecule has 0 aliphatic rings. The van der Waals surface area contributed by atoms with Gasteiger partial charge in [-0.15, -0.1) is 0 Å². The topological polar surface area (TPSA) is 61.4 Å². The predicted octanol–water partition coefficient (Wildman–Crippen LogP) is 0.262. The van der Waals surface area contributed by atoms with Crippen molar-refractivity contribution in [1.29, 1.82) is 0 Å². The Bertz CT molecular complexity index is 162. The highest BCUT2D eigenvalue weighted by atomic mass is 16.3. The first kappa shape index (κ1) is 13.4. The Balaban J connectivity index is 3.54. The average Bonchev–Trinajstić information content (AvgIpc) is 2.14. The molecule has 0 aromatic carbocycles. The molecule has 0 radical (unpaired) electrons. The summed E-state index contributed by atoms with van der Waals surface area (Å²) in [6.45, 7) is 7.09. The maximum atomic E-state index is 11.3. The van der Waals surface area contributed by atoms with Gasteiger partial charge in [0.05, 0.1) is 6.10 Å². The van der Waals surface area contributed by atoms with Gasteiger partial charge in [0.2, 0.25) is 5.91 Å². The van der Waals surface area contributed by atoms with Crippen molar-refractivity contribution in [3.8, 4) is 0 Å². The second-order valence-corrected chi connectivity index (χ2v) is 3.53. The van der Waals surface area contributed by atoms with Gasteiger partial charge >= 0.3 is 0 Å². The van der Waals surface area contributed by atoms with Crippen LogP contribution in [-0.4, -0.2) is 36.2 Å². The highest BCUT2D eigenvalue weighted by Crippen LogP contribution is 1.91. The van der Waals surface area contributed by atoms with Crippen LogP contribution in [0.15, 0.2) is 0 Å². The van der Waals surface area contributed by atoms with Crippen molar-refractivity contribution < 1.29 is 9.90 Å². The Hall–Kier alpha value is -0.610. The third-order valence-corrected chi connectivity index (χ3v) is 2.05. The molecule has 0 aliphatic carbocycles. The summed E-state index contributed by atoms with van der Waals surface area (Å²) in [6.07, 6.45) is 0.709. The molecule has 2 atom stereocenters. The second kappa shape index (κ2) is 7.76. The van der Waals surface area contributed by atoms with Gasteiger partial charge in [-0.3, -0.25) is 4.79 Å². The molecule has 0 heterocycles. The normalized spacial score (nSPS) is 14.9. The summed E-state index contributed by atoms with van der Waals surface area (Å²) in [5, 5.41) is 15.1. The van der Waals surface area contributed by atoms with Crippen molar-refractivity contribution >= 4 is 5.91 Å². The molecule has 0 aromatic heterocycles. The zero-order valence-corrected chi connectivity index (χ0v) is 9.34. The molecular weight excluding hydrogens is 180 g/mol. The minimum absolute atomic E-state index is 0.00838. The lowest BCUT2D eigenvalue weighted by Crippen LogP contribution is -2.36. The van der Waals surface area contributed by atoms with Crippen LogP contribution in [0.2, 0.25) is 0 Å². The van der Waals surface area contributed by atoms with Gasteiger partial charge in [0.25, 0.3) is 0 Å². The first-order chi connectivity index (χ1) is 6.60. The van der Waals surface area contributed by atoms with Gasteiger partial charge in [0.15, 0.2) is 0 Å². The second-order valence-electron chi connectivity index (χ2n) is 3.53. The molecule has 0 rings (SSSR count). The van der Waals surface area contributed by atoms with E-state index in [9.17, 15) is 9.90 Å². The van der Waals surface area contributed by atoms with Gasteiger partial charge in [0.1, 0.15) is 0 Å². The molecule has 84 valence electrons. The van der Waals surface area contributed by atoms with Crippen molar-refractivity contribution in [1.82, 2.24) is 10.6 Å². The van der Waals surface area contributed by atoms with Crippen molar-refractivity contribution in [2.75, 3.05) is 13.1 Å². The zero-order valence-electron chi connectivity index (χ0n) is 9.34. The smallest absolute Gasteiger partial charge is 0.221 e. The lowest BCUT2D eigenvalue weighted by Gasteiger charge is -2.13. The summed E-state index contributed by atoms with van der Waals surface area (Å²) in [5.41, 5.74) is 0. The first-order valence-electron chi connectivity index (χ1n) is 5.28. The van der Waals surface area contributed by atoms with E-state index in [1.165, 1.54) is 0 Å². The summed E-state index contributed by atoms with van der Waals surface area (Å²) in [7, 11) is 0. The van der Waals surface area contributed by atoms with Crippen molar-refractivity contribution in [3.05, 3.63) is 0 Å². The van der Waals surface area contributed by atoms with Crippen LogP contribution in [0.4, 0.5) is 0 Å². The molecule has 14 heavy (non-hydrogen) atoms. The lowest BCUT2D eigenvalue weighted by molar-refractivity contribution is -0.121. The highest BCUT2D eigenvalue weighted by molar-refractivity contribution is 5.76. The molecule has 0 aromatic rings. The van der Waals surface area contributed by atoms with Crippen LogP contribution in [0.3, 0.4) is 0 Å². The summed E-state index contributed by atoms with van der Waals surface area (Å²) in [6, 6.07) is 0.193. The van der Waals surface area contributed by atoms with E-state index in [0.717, 1.165) is 6.54 Å².